The number of nitrogens with one attached hydrogen (secondary N) is 1. The summed E-state index contributed by atoms with van der Waals surface area (Å²) >= 11 is 12.6. The van der Waals surface area contributed by atoms with Crippen LogP contribution in [0, 0.1) is 22.2 Å². The summed E-state index contributed by atoms with van der Waals surface area (Å²) in [4.78, 5) is 13.2. The molecule has 1 aromatic carbocycles. The van der Waals surface area contributed by atoms with Crippen LogP contribution in [0.4, 0.5) is 0 Å². The number of carbonyl (C=O) groups is 1. The number of hydrogen-bond donors (Lipinski definition) is 1. The third-order valence-electron chi connectivity index (χ3n) is 6.86. The van der Waals surface area contributed by atoms with Crippen molar-refractivity contribution in [3.05, 3.63) is 27.7 Å². The molecule has 158 valence electrons. The highest BCUT2D eigenvalue weighted by atomic mass is 35.5. The topological polar surface area (TPSA) is 50.7 Å². The average molecular weight is 437 g/mol. The zero-order valence-electron chi connectivity index (χ0n) is 17.6. The van der Waals surface area contributed by atoms with Crippen molar-refractivity contribution in [1.82, 2.24) is 5.43 Å². The number of carbonyl (C=O) groups excluding carboxylic acids is 1. The molecule has 4 aliphatic rings. The Bertz CT molecular complexity index is 825. The van der Waals surface area contributed by atoms with Crippen LogP contribution in [0.3, 0.4) is 0 Å². The molecule has 4 bridgehead atoms. The average Bonchev–Trinajstić information content (AvgIpc) is 2.54. The molecule has 0 aromatic heterocycles. The number of hydrogen-bond acceptors (Lipinski definition) is 3. The molecule has 2 unspecified atom stereocenters. The lowest BCUT2D eigenvalue weighted by atomic mass is 9.40. The van der Waals surface area contributed by atoms with E-state index in [1.807, 2.05) is 13.8 Å². The van der Waals surface area contributed by atoms with Crippen LogP contribution in [0.2, 0.25) is 10.0 Å². The molecule has 0 radical (unpaired) electrons. The van der Waals surface area contributed by atoms with Crippen molar-refractivity contribution < 1.29 is 9.53 Å². The van der Waals surface area contributed by atoms with Gasteiger partial charge in [0.2, 0.25) is 5.91 Å². The molecule has 4 saturated carbocycles. The quantitative estimate of drug-likeness (QED) is 0.439. The van der Waals surface area contributed by atoms with Crippen molar-refractivity contribution >= 4 is 35.3 Å². The Balaban J connectivity index is 1.47. The summed E-state index contributed by atoms with van der Waals surface area (Å²) in [6, 6.07) is 3.49. The third-order valence-corrected chi connectivity index (χ3v) is 7.42. The van der Waals surface area contributed by atoms with E-state index in [1.165, 1.54) is 19.3 Å². The summed E-state index contributed by atoms with van der Waals surface area (Å²) in [5.41, 5.74) is 3.86. The van der Waals surface area contributed by atoms with Gasteiger partial charge in [0, 0.05) is 0 Å². The molecule has 6 heteroatoms. The van der Waals surface area contributed by atoms with Gasteiger partial charge in [-0.3, -0.25) is 4.79 Å². The Kier molecular flexibility index (Phi) is 5.18. The van der Waals surface area contributed by atoms with Crippen LogP contribution in [-0.2, 0) is 4.79 Å². The van der Waals surface area contributed by atoms with Crippen molar-refractivity contribution in [3.8, 4) is 5.75 Å². The van der Waals surface area contributed by atoms with E-state index in [1.54, 1.807) is 18.3 Å². The number of nitrogens with zero attached hydrogens (tertiary/aromatic N) is 1. The molecule has 5 rings (SSSR count). The number of ether oxygens (including phenoxy) is 1. The van der Waals surface area contributed by atoms with E-state index in [-0.39, 0.29) is 17.4 Å². The standard InChI is InChI=1S/C23H30Cl2N2O2/c1-14(2)29-19-17(24)5-15(6-18(19)25)10-26-27-20(28)23-9-16-7-21(3,12-23)11-22(4,8-16)13-23/h5-6,10,14,16H,7-9,11-13H2,1-4H3,(H,27,28)/b26-10+. The molecule has 4 aliphatic carbocycles. The minimum Gasteiger partial charge on any atom is -0.488 e. The monoisotopic (exact) mass is 436 g/mol. The second-order valence-corrected chi connectivity index (χ2v) is 11.4. The van der Waals surface area contributed by atoms with Crippen molar-refractivity contribution in [1.29, 1.82) is 0 Å². The summed E-state index contributed by atoms with van der Waals surface area (Å²) in [5, 5.41) is 5.10. The Morgan fingerprint density at radius 3 is 2.24 bits per heavy atom. The summed E-state index contributed by atoms with van der Waals surface area (Å²) in [6.45, 7) is 8.57. The lowest BCUT2D eigenvalue weighted by molar-refractivity contribution is -0.170. The number of halogens is 2. The fraction of sp³-hybridized carbons (Fsp3) is 0.652. The fourth-order valence-electron chi connectivity index (χ4n) is 6.99. The molecule has 2 atom stereocenters. The molecule has 0 heterocycles. The first-order valence-corrected chi connectivity index (χ1v) is 11.3. The van der Waals surface area contributed by atoms with Crippen LogP contribution in [0.1, 0.15) is 71.8 Å². The van der Waals surface area contributed by atoms with Gasteiger partial charge >= 0.3 is 0 Å². The van der Waals surface area contributed by atoms with E-state index < -0.39 is 0 Å². The van der Waals surface area contributed by atoms with E-state index in [2.05, 4.69) is 24.4 Å². The van der Waals surface area contributed by atoms with Crippen molar-refractivity contribution in [2.24, 2.45) is 27.3 Å². The molecule has 0 spiro atoms. The van der Waals surface area contributed by atoms with Crippen LogP contribution in [0.15, 0.2) is 17.2 Å². The first kappa shape index (κ1) is 21.0. The third kappa shape index (κ3) is 4.03. The van der Waals surface area contributed by atoms with Gasteiger partial charge in [0.05, 0.1) is 27.8 Å². The van der Waals surface area contributed by atoms with Crippen molar-refractivity contribution in [2.45, 2.75) is 72.3 Å². The summed E-state index contributed by atoms with van der Waals surface area (Å²) in [6.07, 6.45) is 8.31. The van der Waals surface area contributed by atoms with Crippen molar-refractivity contribution in [3.63, 3.8) is 0 Å². The first-order valence-electron chi connectivity index (χ1n) is 10.5. The van der Waals surface area contributed by atoms with Crippen LogP contribution in [0.5, 0.6) is 5.75 Å². The van der Waals surface area contributed by atoms with Gasteiger partial charge in [-0.25, -0.2) is 5.43 Å². The zero-order valence-corrected chi connectivity index (χ0v) is 19.2. The van der Waals surface area contributed by atoms with Gasteiger partial charge in [0.15, 0.2) is 5.75 Å². The molecule has 4 nitrogen and oxygen atoms in total. The maximum Gasteiger partial charge on any atom is 0.246 e. The number of rotatable bonds is 5. The number of amides is 1. The summed E-state index contributed by atoms with van der Waals surface area (Å²) in [5.74, 6) is 1.20. The van der Waals surface area contributed by atoms with E-state index >= 15 is 0 Å². The van der Waals surface area contributed by atoms with Crippen LogP contribution >= 0.6 is 23.2 Å². The van der Waals surface area contributed by atoms with Crippen molar-refractivity contribution in [2.75, 3.05) is 0 Å². The van der Waals surface area contributed by atoms with Gasteiger partial charge in [0.25, 0.3) is 0 Å². The molecule has 0 aliphatic heterocycles. The Labute approximate surface area is 183 Å². The Hall–Kier alpha value is -1.26. The summed E-state index contributed by atoms with van der Waals surface area (Å²) in [7, 11) is 0. The zero-order chi connectivity index (χ0) is 21.0. The van der Waals surface area contributed by atoms with E-state index in [0.717, 1.165) is 24.8 Å². The van der Waals surface area contributed by atoms with E-state index in [9.17, 15) is 4.79 Å². The van der Waals surface area contributed by atoms with Crippen LogP contribution in [-0.4, -0.2) is 18.2 Å². The molecular weight excluding hydrogens is 407 g/mol. The van der Waals surface area contributed by atoms with Gasteiger partial charge in [-0.1, -0.05) is 37.0 Å². The molecule has 29 heavy (non-hydrogen) atoms. The van der Waals surface area contributed by atoms with Crippen LogP contribution in [0.25, 0.3) is 0 Å². The molecule has 1 amide bonds. The fourth-order valence-corrected chi connectivity index (χ4v) is 7.58. The second kappa shape index (κ2) is 7.16. The highest BCUT2D eigenvalue weighted by molar-refractivity contribution is 6.37. The maximum atomic E-state index is 13.2. The first-order chi connectivity index (χ1) is 13.5. The van der Waals surface area contributed by atoms with Gasteiger partial charge in [-0.15, -0.1) is 0 Å². The van der Waals surface area contributed by atoms with Gasteiger partial charge in [0.1, 0.15) is 0 Å². The lowest BCUT2D eigenvalue weighted by Gasteiger charge is -2.64. The van der Waals surface area contributed by atoms with Gasteiger partial charge in [-0.2, -0.15) is 5.10 Å². The molecular formula is C23H30Cl2N2O2. The SMILES string of the molecule is CC(C)Oc1c(Cl)cc(/C=N/NC(=O)C23CC4CC(C)(CC(C)(C4)C2)C3)cc1Cl. The number of benzene rings is 1. The lowest BCUT2D eigenvalue weighted by Crippen LogP contribution is -2.59. The minimum absolute atomic E-state index is 0.0206. The van der Waals surface area contributed by atoms with Gasteiger partial charge in [-0.05, 0) is 86.8 Å². The molecule has 1 N–H and O–H groups in total. The minimum atomic E-state index is -0.273. The second-order valence-electron chi connectivity index (χ2n) is 10.6. The maximum absolute atomic E-state index is 13.2. The smallest absolute Gasteiger partial charge is 0.246 e. The molecule has 1 aromatic rings. The highest BCUT2D eigenvalue weighted by Crippen LogP contribution is 2.69. The normalized spacial score (nSPS) is 35.5. The Morgan fingerprint density at radius 2 is 1.72 bits per heavy atom. The highest BCUT2D eigenvalue weighted by Gasteiger charge is 2.62. The summed E-state index contributed by atoms with van der Waals surface area (Å²) < 4.78 is 5.65. The molecule has 0 saturated heterocycles. The van der Waals surface area contributed by atoms with E-state index in [0.29, 0.717) is 32.5 Å². The largest absolute Gasteiger partial charge is 0.488 e. The van der Waals surface area contributed by atoms with Crippen LogP contribution < -0.4 is 10.2 Å². The molecule has 4 fully saturated rings. The predicted octanol–water partition coefficient (Wildman–Crippen LogP) is 6.23. The number of hydrazone groups is 1. The van der Waals surface area contributed by atoms with E-state index in [4.69, 9.17) is 27.9 Å². The Morgan fingerprint density at radius 1 is 1.14 bits per heavy atom. The van der Waals surface area contributed by atoms with Gasteiger partial charge < -0.3 is 4.74 Å². The predicted molar refractivity (Wildman–Crippen MR) is 118 cm³/mol.